The molecule has 6 N–H and O–H groups in total. The summed E-state index contributed by atoms with van der Waals surface area (Å²) in [4.78, 5) is 12.8. The molecule has 7 heteroatoms. The topological polar surface area (TPSA) is 134 Å². The molecular weight excluding hydrogens is 230 g/mol. The lowest BCUT2D eigenvalue weighted by molar-refractivity contribution is -0.136. The number of carbonyl (C=O) groups excluding carboxylic acids is 1. The Bertz CT molecular complexity index is 261. The van der Waals surface area contributed by atoms with Crippen molar-refractivity contribution in [1.82, 2.24) is 4.98 Å². The minimum absolute atomic E-state index is 0.0258. The molecule has 1 heterocycles. The van der Waals surface area contributed by atoms with Crippen molar-refractivity contribution in [3.63, 3.8) is 0 Å². The van der Waals surface area contributed by atoms with Crippen LogP contribution >= 0.6 is 0 Å². The van der Waals surface area contributed by atoms with E-state index in [4.69, 9.17) is 25.5 Å². The Labute approximate surface area is 98.0 Å². The van der Waals surface area contributed by atoms with Gasteiger partial charge in [-0.1, -0.05) is 0 Å². The van der Waals surface area contributed by atoms with Gasteiger partial charge in [-0.15, -0.1) is 0 Å². The molecule has 1 rings (SSSR count). The summed E-state index contributed by atoms with van der Waals surface area (Å²) in [5.74, 6) is 0. The van der Waals surface area contributed by atoms with Gasteiger partial charge in [-0.25, -0.2) is 0 Å². The molecule has 0 saturated carbocycles. The van der Waals surface area contributed by atoms with Crippen LogP contribution in [-0.2, 0) is 4.79 Å². The van der Waals surface area contributed by atoms with E-state index in [-0.39, 0.29) is 6.29 Å². The van der Waals surface area contributed by atoms with Gasteiger partial charge in [0.15, 0.2) is 6.29 Å². The summed E-state index contributed by atoms with van der Waals surface area (Å²) in [5.41, 5.74) is 0. The van der Waals surface area contributed by atoms with Crippen LogP contribution in [0, 0.1) is 0 Å². The molecule has 0 fully saturated rings. The van der Waals surface area contributed by atoms with Gasteiger partial charge in [-0.3, -0.25) is 0 Å². The minimum atomic E-state index is -1.79. The molecule has 98 valence electrons. The number of carbonyl (C=O) groups is 1. The second-order valence-corrected chi connectivity index (χ2v) is 3.24. The molecule has 0 amide bonds. The van der Waals surface area contributed by atoms with Gasteiger partial charge in [0.25, 0.3) is 0 Å². The third kappa shape index (κ3) is 6.15. The van der Waals surface area contributed by atoms with E-state index < -0.39 is 31.0 Å². The molecule has 0 saturated heterocycles. The molecule has 0 aliphatic rings. The molecule has 0 bridgehead atoms. The van der Waals surface area contributed by atoms with Crippen LogP contribution in [0.3, 0.4) is 0 Å². The molecule has 0 aliphatic heterocycles. The van der Waals surface area contributed by atoms with Crippen molar-refractivity contribution < 1.29 is 30.3 Å². The largest absolute Gasteiger partial charge is 0.394 e. The summed E-state index contributed by atoms with van der Waals surface area (Å²) in [6, 6.07) is 3.89. The number of aromatic nitrogens is 1. The maximum atomic E-state index is 9.90. The first-order valence-electron chi connectivity index (χ1n) is 4.90. The first-order valence-corrected chi connectivity index (χ1v) is 4.90. The average molecular weight is 247 g/mol. The number of aliphatic hydroxyl groups excluding tert-OH is 5. The van der Waals surface area contributed by atoms with E-state index in [0.717, 1.165) is 0 Å². The molecule has 17 heavy (non-hydrogen) atoms. The molecule has 1 aromatic rings. The third-order valence-corrected chi connectivity index (χ3v) is 1.92. The first kappa shape index (κ1) is 15.8. The summed E-state index contributed by atoms with van der Waals surface area (Å²) in [6.07, 6.45) is -3.09. The van der Waals surface area contributed by atoms with E-state index in [0.29, 0.717) is 0 Å². The second-order valence-electron chi connectivity index (χ2n) is 3.24. The molecular formula is C10H17NO6. The maximum Gasteiger partial charge on any atom is 0.151 e. The minimum Gasteiger partial charge on any atom is -0.394 e. The van der Waals surface area contributed by atoms with Crippen LogP contribution in [0.2, 0.25) is 0 Å². The standard InChI is InChI=1S/C6H12O6.C4H5N/c7-1-3(9)5(11)6(12)4(10)2-8;1-2-4-5-3-1/h1,3-6,8-12H,2H2;1-5H. The van der Waals surface area contributed by atoms with Crippen LogP contribution in [-0.4, -0.2) is 67.8 Å². The van der Waals surface area contributed by atoms with Gasteiger partial charge in [0.1, 0.15) is 24.4 Å². The number of aromatic amines is 1. The lowest BCUT2D eigenvalue weighted by Gasteiger charge is -2.22. The molecule has 1 aromatic heterocycles. The molecule has 0 radical (unpaired) electrons. The van der Waals surface area contributed by atoms with Gasteiger partial charge in [0.05, 0.1) is 6.61 Å². The molecule has 4 unspecified atom stereocenters. The molecule has 0 spiro atoms. The van der Waals surface area contributed by atoms with Crippen molar-refractivity contribution in [1.29, 1.82) is 0 Å². The van der Waals surface area contributed by atoms with Gasteiger partial charge in [0.2, 0.25) is 0 Å². The second kappa shape index (κ2) is 8.85. The van der Waals surface area contributed by atoms with Crippen LogP contribution < -0.4 is 0 Å². The average Bonchev–Trinajstić information content (AvgIpc) is 2.93. The number of H-pyrrole nitrogens is 1. The monoisotopic (exact) mass is 247 g/mol. The van der Waals surface area contributed by atoms with Gasteiger partial charge < -0.3 is 35.3 Å². The number of rotatable bonds is 5. The van der Waals surface area contributed by atoms with E-state index >= 15 is 0 Å². The zero-order valence-corrected chi connectivity index (χ0v) is 9.05. The number of nitrogens with one attached hydrogen (secondary N) is 1. The number of aliphatic hydroxyl groups is 5. The number of aldehydes is 1. The first-order chi connectivity index (χ1) is 8.04. The number of hydrogen-bond donors (Lipinski definition) is 6. The van der Waals surface area contributed by atoms with Crippen LogP contribution in [0.25, 0.3) is 0 Å². The highest BCUT2D eigenvalue weighted by Gasteiger charge is 2.29. The highest BCUT2D eigenvalue weighted by molar-refractivity contribution is 5.56. The lowest BCUT2D eigenvalue weighted by atomic mass is 10.0. The van der Waals surface area contributed by atoms with E-state index in [1.54, 1.807) is 0 Å². The van der Waals surface area contributed by atoms with Crippen LogP contribution in [0.15, 0.2) is 24.5 Å². The van der Waals surface area contributed by atoms with Crippen molar-refractivity contribution >= 4 is 6.29 Å². The molecule has 0 aromatic carbocycles. The Morgan fingerprint density at radius 2 is 1.59 bits per heavy atom. The third-order valence-electron chi connectivity index (χ3n) is 1.92. The van der Waals surface area contributed by atoms with Crippen molar-refractivity contribution in [2.24, 2.45) is 0 Å². The Hall–Kier alpha value is -1.25. The fraction of sp³-hybridized carbons (Fsp3) is 0.500. The van der Waals surface area contributed by atoms with E-state index in [1.165, 1.54) is 0 Å². The van der Waals surface area contributed by atoms with Crippen molar-refractivity contribution in [2.75, 3.05) is 6.61 Å². The zero-order valence-electron chi connectivity index (χ0n) is 9.05. The highest BCUT2D eigenvalue weighted by atomic mass is 16.4. The Morgan fingerprint density at radius 3 is 1.88 bits per heavy atom. The van der Waals surface area contributed by atoms with Gasteiger partial charge in [0, 0.05) is 12.4 Å². The predicted molar refractivity (Wildman–Crippen MR) is 58.0 cm³/mol. The van der Waals surface area contributed by atoms with Crippen molar-refractivity contribution in [3.8, 4) is 0 Å². The van der Waals surface area contributed by atoms with Gasteiger partial charge in [-0.2, -0.15) is 0 Å². The van der Waals surface area contributed by atoms with Crippen LogP contribution in [0.1, 0.15) is 0 Å². The van der Waals surface area contributed by atoms with Gasteiger partial charge in [-0.05, 0) is 12.1 Å². The quantitative estimate of drug-likeness (QED) is 0.322. The van der Waals surface area contributed by atoms with Crippen molar-refractivity contribution in [2.45, 2.75) is 24.4 Å². The summed E-state index contributed by atoms with van der Waals surface area (Å²) in [7, 11) is 0. The highest BCUT2D eigenvalue weighted by Crippen LogP contribution is 2.02. The molecule has 7 nitrogen and oxygen atoms in total. The SMILES string of the molecule is O=CC(O)C(O)C(O)C(O)CO.c1cc[nH]c1. The lowest BCUT2D eigenvalue weighted by Crippen LogP contribution is -2.46. The van der Waals surface area contributed by atoms with E-state index in [2.05, 4.69) is 4.98 Å². The smallest absolute Gasteiger partial charge is 0.151 e. The summed E-state index contributed by atoms with van der Waals surface area (Å²) in [6.45, 7) is -0.760. The number of hydrogen-bond acceptors (Lipinski definition) is 6. The fourth-order valence-electron chi connectivity index (χ4n) is 0.896. The summed E-state index contributed by atoms with van der Waals surface area (Å²) >= 11 is 0. The van der Waals surface area contributed by atoms with Crippen molar-refractivity contribution in [3.05, 3.63) is 24.5 Å². The summed E-state index contributed by atoms with van der Waals surface area (Å²) < 4.78 is 0. The normalized spacial score (nSPS) is 17.2. The molecule has 4 atom stereocenters. The maximum absolute atomic E-state index is 9.90. The predicted octanol–water partition coefficient (Wildman–Crippen LogP) is -2.36. The fourth-order valence-corrected chi connectivity index (χ4v) is 0.896. The van der Waals surface area contributed by atoms with E-state index in [9.17, 15) is 4.79 Å². The Balaban J connectivity index is 0.000000419. The summed E-state index contributed by atoms with van der Waals surface area (Å²) in [5, 5.41) is 43.5. The molecule has 0 aliphatic carbocycles. The Morgan fingerprint density at radius 1 is 1.06 bits per heavy atom. The van der Waals surface area contributed by atoms with Crippen LogP contribution in [0.4, 0.5) is 0 Å². The Kier molecular flexibility index (Phi) is 8.20. The van der Waals surface area contributed by atoms with E-state index in [1.807, 2.05) is 24.5 Å². The van der Waals surface area contributed by atoms with Crippen LogP contribution in [0.5, 0.6) is 0 Å². The zero-order chi connectivity index (χ0) is 13.3. The van der Waals surface area contributed by atoms with Gasteiger partial charge >= 0.3 is 0 Å².